The fourth-order valence-corrected chi connectivity index (χ4v) is 2.92. The quantitative estimate of drug-likeness (QED) is 0.466. The number of fused-ring (bicyclic) bond motifs is 1. The predicted octanol–water partition coefficient (Wildman–Crippen LogP) is 3.93. The van der Waals surface area contributed by atoms with Crippen molar-refractivity contribution in [3.63, 3.8) is 0 Å². The van der Waals surface area contributed by atoms with Crippen LogP contribution in [0, 0.1) is 0 Å². The van der Waals surface area contributed by atoms with Crippen LogP contribution < -0.4 is 16.0 Å². The van der Waals surface area contributed by atoms with Crippen LogP contribution in [0.25, 0.3) is 10.9 Å². The number of anilines is 3. The van der Waals surface area contributed by atoms with Crippen molar-refractivity contribution < 1.29 is 4.79 Å². The Morgan fingerprint density at radius 3 is 2.45 bits per heavy atom. The first-order chi connectivity index (χ1) is 14.2. The highest BCUT2D eigenvalue weighted by Gasteiger charge is 2.08. The lowest BCUT2D eigenvalue weighted by atomic mass is 10.2. The SMILES string of the molecule is CNc1nc(NCc2ccc(NC(=O)c3ccncc3)cc2)c2ccccc2n1. The number of nitrogens with one attached hydrogen (secondary N) is 3. The minimum Gasteiger partial charge on any atom is -0.365 e. The van der Waals surface area contributed by atoms with Crippen LogP contribution in [0.15, 0.2) is 73.1 Å². The third kappa shape index (κ3) is 4.30. The molecule has 7 heteroatoms. The summed E-state index contributed by atoms with van der Waals surface area (Å²) in [6, 6.07) is 18.9. The zero-order valence-corrected chi connectivity index (χ0v) is 15.9. The molecule has 2 heterocycles. The van der Waals surface area contributed by atoms with E-state index in [2.05, 4.69) is 30.9 Å². The summed E-state index contributed by atoms with van der Waals surface area (Å²) in [6.07, 6.45) is 3.19. The van der Waals surface area contributed by atoms with Gasteiger partial charge >= 0.3 is 0 Å². The minimum atomic E-state index is -0.162. The Morgan fingerprint density at radius 1 is 0.931 bits per heavy atom. The van der Waals surface area contributed by atoms with Gasteiger partial charge in [0.1, 0.15) is 5.82 Å². The van der Waals surface area contributed by atoms with E-state index in [1.165, 1.54) is 0 Å². The van der Waals surface area contributed by atoms with Gasteiger partial charge in [0.25, 0.3) is 5.91 Å². The molecule has 0 atom stereocenters. The van der Waals surface area contributed by atoms with Gasteiger partial charge in [0, 0.05) is 42.6 Å². The average molecular weight is 384 g/mol. The third-order valence-corrected chi connectivity index (χ3v) is 4.44. The number of aromatic nitrogens is 3. The largest absolute Gasteiger partial charge is 0.365 e. The van der Waals surface area contributed by atoms with E-state index in [1.54, 1.807) is 31.6 Å². The molecule has 29 heavy (non-hydrogen) atoms. The summed E-state index contributed by atoms with van der Waals surface area (Å²) < 4.78 is 0. The molecular weight excluding hydrogens is 364 g/mol. The predicted molar refractivity (Wildman–Crippen MR) is 115 cm³/mol. The Kier molecular flexibility index (Phi) is 5.29. The summed E-state index contributed by atoms with van der Waals surface area (Å²) in [5.74, 6) is 1.18. The number of carbonyl (C=O) groups is 1. The third-order valence-electron chi connectivity index (χ3n) is 4.44. The highest BCUT2D eigenvalue weighted by molar-refractivity contribution is 6.04. The van der Waals surface area contributed by atoms with Crippen molar-refractivity contribution in [1.29, 1.82) is 0 Å². The van der Waals surface area contributed by atoms with Crippen molar-refractivity contribution in [2.75, 3.05) is 23.0 Å². The molecule has 144 valence electrons. The van der Waals surface area contributed by atoms with Gasteiger partial charge < -0.3 is 16.0 Å². The molecule has 2 aromatic carbocycles. The molecule has 0 saturated carbocycles. The summed E-state index contributed by atoms with van der Waals surface area (Å²) in [5.41, 5.74) is 3.26. The maximum Gasteiger partial charge on any atom is 0.255 e. The Bertz CT molecular complexity index is 1130. The normalized spacial score (nSPS) is 10.5. The number of amides is 1. The van der Waals surface area contributed by atoms with E-state index in [1.807, 2.05) is 48.5 Å². The van der Waals surface area contributed by atoms with E-state index in [4.69, 9.17) is 0 Å². The van der Waals surface area contributed by atoms with Gasteiger partial charge in [-0.15, -0.1) is 0 Å². The van der Waals surface area contributed by atoms with Gasteiger partial charge in [-0.3, -0.25) is 9.78 Å². The van der Waals surface area contributed by atoms with Gasteiger partial charge in [0.05, 0.1) is 5.52 Å². The molecule has 0 fully saturated rings. The van der Waals surface area contributed by atoms with Gasteiger partial charge in [-0.1, -0.05) is 24.3 Å². The molecule has 0 spiro atoms. The van der Waals surface area contributed by atoms with Crippen LogP contribution in [-0.4, -0.2) is 27.9 Å². The summed E-state index contributed by atoms with van der Waals surface area (Å²) in [5, 5.41) is 10.2. The zero-order valence-electron chi connectivity index (χ0n) is 15.9. The topological polar surface area (TPSA) is 91.8 Å². The van der Waals surface area contributed by atoms with Crippen molar-refractivity contribution >= 4 is 34.3 Å². The van der Waals surface area contributed by atoms with Gasteiger partial charge in [0.15, 0.2) is 0 Å². The van der Waals surface area contributed by atoms with Crippen LogP contribution >= 0.6 is 0 Å². The van der Waals surface area contributed by atoms with E-state index in [9.17, 15) is 4.79 Å². The standard InChI is InChI=1S/C22H20N6O/c1-23-22-27-19-5-3-2-4-18(19)20(28-22)25-14-15-6-8-17(9-7-15)26-21(29)16-10-12-24-13-11-16/h2-13H,14H2,1H3,(H,26,29)(H2,23,25,27,28). The van der Waals surface area contributed by atoms with Crippen molar-refractivity contribution in [3.05, 3.63) is 84.2 Å². The van der Waals surface area contributed by atoms with Crippen LogP contribution in [0.4, 0.5) is 17.5 Å². The molecule has 0 saturated heterocycles. The van der Waals surface area contributed by atoms with Crippen LogP contribution in [0.2, 0.25) is 0 Å². The van der Waals surface area contributed by atoms with Gasteiger partial charge in [-0.2, -0.15) is 4.98 Å². The lowest BCUT2D eigenvalue weighted by Crippen LogP contribution is -2.11. The highest BCUT2D eigenvalue weighted by atomic mass is 16.1. The molecular formula is C22H20N6O. The fraction of sp³-hybridized carbons (Fsp3) is 0.0909. The number of rotatable bonds is 6. The van der Waals surface area contributed by atoms with Crippen molar-refractivity contribution in [3.8, 4) is 0 Å². The van der Waals surface area contributed by atoms with Crippen molar-refractivity contribution in [2.45, 2.75) is 6.54 Å². The maximum atomic E-state index is 12.2. The van der Waals surface area contributed by atoms with E-state index < -0.39 is 0 Å². The van der Waals surface area contributed by atoms with Gasteiger partial charge in [-0.05, 0) is 42.0 Å². The van der Waals surface area contributed by atoms with Crippen molar-refractivity contribution in [2.24, 2.45) is 0 Å². The summed E-state index contributed by atoms with van der Waals surface area (Å²) in [7, 11) is 1.80. The first-order valence-electron chi connectivity index (χ1n) is 9.21. The molecule has 4 rings (SSSR count). The molecule has 0 unspecified atom stereocenters. The molecule has 4 aromatic rings. The first-order valence-corrected chi connectivity index (χ1v) is 9.21. The number of carbonyl (C=O) groups excluding carboxylic acids is 1. The smallest absolute Gasteiger partial charge is 0.255 e. The molecule has 0 bridgehead atoms. The second-order valence-corrected chi connectivity index (χ2v) is 6.40. The van der Waals surface area contributed by atoms with Crippen molar-refractivity contribution in [1.82, 2.24) is 15.0 Å². The van der Waals surface area contributed by atoms with Crippen LogP contribution in [-0.2, 0) is 6.54 Å². The Balaban J connectivity index is 1.45. The molecule has 0 aliphatic rings. The van der Waals surface area contributed by atoms with Crippen LogP contribution in [0.1, 0.15) is 15.9 Å². The lowest BCUT2D eigenvalue weighted by Gasteiger charge is -2.11. The van der Waals surface area contributed by atoms with E-state index >= 15 is 0 Å². The molecule has 0 aliphatic carbocycles. The Morgan fingerprint density at radius 2 is 1.69 bits per heavy atom. The van der Waals surface area contributed by atoms with E-state index in [0.29, 0.717) is 18.1 Å². The first kappa shape index (κ1) is 18.4. The summed E-state index contributed by atoms with van der Waals surface area (Å²) in [6.45, 7) is 0.600. The molecule has 1 amide bonds. The Labute approximate surface area is 168 Å². The summed E-state index contributed by atoms with van der Waals surface area (Å²) in [4.78, 5) is 25.1. The number of nitrogens with zero attached hydrogens (tertiary/aromatic N) is 3. The minimum absolute atomic E-state index is 0.162. The van der Waals surface area contributed by atoms with Crippen LogP contribution in [0.5, 0.6) is 0 Å². The molecule has 0 radical (unpaired) electrons. The number of benzene rings is 2. The average Bonchev–Trinajstić information content (AvgIpc) is 2.78. The van der Waals surface area contributed by atoms with Gasteiger partial charge in [-0.25, -0.2) is 4.98 Å². The second-order valence-electron chi connectivity index (χ2n) is 6.40. The number of hydrogen-bond donors (Lipinski definition) is 3. The van der Waals surface area contributed by atoms with E-state index in [-0.39, 0.29) is 5.91 Å². The Hall–Kier alpha value is -4.00. The molecule has 7 nitrogen and oxygen atoms in total. The summed E-state index contributed by atoms with van der Waals surface area (Å²) >= 11 is 0. The second kappa shape index (κ2) is 8.35. The highest BCUT2D eigenvalue weighted by Crippen LogP contribution is 2.22. The molecule has 0 aliphatic heterocycles. The number of hydrogen-bond acceptors (Lipinski definition) is 6. The van der Waals surface area contributed by atoms with Gasteiger partial charge in [0.2, 0.25) is 5.95 Å². The van der Waals surface area contributed by atoms with Crippen LogP contribution in [0.3, 0.4) is 0 Å². The number of para-hydroxylation sites is 1. The molecule has 3 N–H and O–H groups in total. The fourth-order valence-electron chi connectivity index (χ4n) is 2.92. The molecule has 2 aromatic heterocycles. The number of pyridine rings is 1. The van der Waals surface area contributed by atoms with E-state index in [0.717, 1.165) is 28.0 Å². The zero-order chi connectivity index (χ0) is 20.1. The monoisotopic (exact) mass is 384 g/mol. The lowest BCUT2D eigenvalue weighted by molar-refractivity contribution is 0.102. The maximum absolute atomic E-state index is 12.2.